The van der Waals surface area contributed by atoms with Crippen LogP contribution in [0.3, 0.4) is 0 Å². The van der Waals surface area contributed by atoms with Crippen molar-refractivity contribution in [2.45, 2.75) is 13.0 Å². The van der Waals surface area contributed by atoms with E-state index in [1.807, 2.05) is 35.0 Å². The Kier molecular flexibility index (Phi) is 5.09. The number of ether oxygens (including phenoxy) is 1. The molecule has 0 aromatic carbocycles. The second-order valence-corrected chi connectivity index (χ2v) is 4.74. The predicted octanol–water partition coefficient (Wildman–Crippen LogP) is 1.11. The molecule has 0 spiro atoms. The van der Waals surface area contributed by atoms with Gasteiger partial charge in [-0.2, -0.15) is 0 Å². The number of nitrogens with zero attached hydrogens (tertiary/aromatic N) is 3. The molecule has 0 bridgehead atoms. The SMILES string of the molecule is COCCN(CCC(=N)N)Cc1cn2ccccc2n1. The van der Waals surface area contributed by atoms with E-state index in [9.17, 15) is 0 Å². The molecule has 108 valence electrons. The van der Waals surface area contributed by atoms with Crippen LogP contribution in [0.15, 0.2) is 30.6 Å². The Balaban J connectivity index is 2.03. The molecule has 0 aliphatic rings. The molecule has 20 heavy (non-hydrogen) atoms. The van der Waals surface area contributed by atoms with Gasteiger partial charge in [-0.25, -0.2) is 4.98 Å². The summed E-state index contributed by atoms with van der Waals surface area (Å²) < 4.78 is 7.13. The summed E-state index contributed by atoms with van der Waals surface area (Å²) in [5, 5.41) is 7.33. The molecule has 2 aromatic heterocycles. The molecule has 0 aliphatic heterocycles. The van der Waals surface area contributed by atoms with E-state index in [1.165, 1.54) is 0 Å². The van der Waals surface area contributed by atoms with Gasteiger partial charge in [0.15, 0.2) is 0 Å². The van der Waals surface area contributed by atoms with Crippen molar-refractivity contribution in [3.63, 3.8) is 0 Å². The average molecular weight is 275 g/mol. The number of imidazole rings is 1. The molecule has 2 heterocycles. The van der Waals surface area contributed by atoms with Crippen LogP contribution in [0.4, 0.5) is 0 Å². The van der Waals surface area contributed by atoms with E-state index in [-0.39, 0.29) is 5.84 Å². The van der Waals surface area contributed by atoms with Gasteiger partial charge in [-0.05, 0) is 12.1 Å². The summed E-state index contributed by atoms with van der Waals surface area (Å²) in [4.78, 5) is 6.78. The number of aromatic nitrogens is 2. The van der Waals surface area contributed by atoms with Gasteiger partial charge in [-0.1, -0.05) is 6.07 Å². The Morgan fingerprint density at radius 1 is 1.45 bits per heavy atom. The highest BCUT2D eigenvalue weighted by Crippen LogP contribution is 2.08. The third-order valence-electron chi connectivity index (χ3n) is 3.11. The van der Waals surface area contributed by atoms with E-state index in [0.717, 1.165) is 31.0 Å². The number of fused-ring (bicyclic) bond motifs is 1. The van der Waals surface area contributed by atoms with Crippen LogP contribution in [0.25, 0.3) is 5.65 Å². The Morgan fingerprint density at radius 3 is 3.00 bits per heavy atom. The lowest BCUT2D eigenvalue weighted by Gasteiger charge is -2.20. The number of nitrogens with one attached hydrogen (secondary N) is 1. The van der Waals surface area contributed by atoms with Gasteiger partial charge in [-0.15, -0.1) is 0 Å². The van der Waals surface area contributed by atoms with Crippen molar-refractivity contribution in [1.82, 2.24) is 14.3 Å². The Bertz CT molecular complexity index is 532. The summed E-state index contributed by atoms with van der Waals surface area (Å²) in [7, 11) is 1.69. The lowest BCUT2D eigenvalue weighted by Crippen LogP contribution is -2.30. The van der Waals surface area contributed by atoms with Gasteiger partial charge in [0, 0.05) is 45.6 Å². The number of pyridine rings is 1. The maximum Gasteiger partial charge on any atom is 0.137 e. The normalized spacial score (nSPS) is 11.3. The second kappa shape index (κ2) is 7.02. The zero-order valence-electron chi connectivity index (χ0n) is 11.7. The minimum atomic E-state index is 0.211. The lowest BCUT2D eigenvalue weighted by atomic mass is 10.3. The maximum atomic E-state index is 7.33. The Morgan fingerprint density at radius 2 is 2.30 bits per heavy atom. The molecule has 6 nitrogen and oxygen atoms in total. The first-order chi connectivity index (χ1) is 9.69. The van der Waals surface area contributed by atoms with Gasteiger partial charge >= 0.3 is 0 Å². The van der Waals surface area contributed by atoms with E-state index >= 15 is 0 Å². The molecular weight excluding hydrogens is 254 g/mol. The maximum absolute atomic E-state index is 7.33. The molecule has 0 radical (unpaired) electrons. The molecule has 0 saturated carbocycles. The van der Waals surface area contributed by atoms with Gasteiger partial charge in [-0.3, -0.25) is 10.3 Å². The van der Waals surface area contributed by atoms with Gasteiger partial charge < -0.3 is 14.9 Å². The van der Waals surface area contributed by atoms with Gasteiger partial charge in [0.1, 0.15) is 5.65 Å². The molecule has 0 amide bonds. The fraction of sp³-hybridized carbons (Fsp3) is 0.429. The molecule has 6 heteroatoms. The van der Waals surface area contributed by atoms with E-state index in [0.29, 0.717) is 13.0 Å². The first-order valence-electron chi connectivity index (χ1n) is 6.66. The van der Waals surface area contributed by atoms with Crippen molar-refractivity contribution in [1.29, 1.82) is 5.41 Å². The van der Waals surface area contributed by atoms with Crippen LogP contribution in [0, 0.1) is 5.41 Å². The standard InChI is InChI=1S/C14H21N5O/c1-20-9-8-18(7-5-13(15)16)10-12-11-19-6-3-2-4-14(19)17-12/h2-4,6,11H,5,7-10H2,1H3,(H3,15,16). The number of hydrogen-bond acceptors (Lipinski definition) is 4. The minimum Gasteiger partial charge on any atom is -0.388 e. The van der Waals surface area contributed by atoms with Gasteiger partial charge in [0.05, 0.1) is 18.1 Å². The molecule has 3 N–H and O–H groups in total. The quantitative estimate of drug-likeness (QED) is 0.558. The summed E-state index contributed by atoms with van der Waals surface area (Å²) >= 11 is 0. The van der Waals surface area contributed by atoms with Crippen molar-refractivity contribution in [2.75, 3.05) is 26.8 Å². The molecule has 0 fully saturated rings. The van der Waals surface area contributed by atoms with Crippen molar-refractivity contribution < 1.29 is 4.74 Å². The van der Waals surface area contributed by atoms with Crippen LogP contribution in [0.2, 0.25) is 0 Å². The van der Waals surface area contributed by atoms with Crippen LogP contribution in [-0.2, 0) is 11.3 Å². The van der Waals surface area contributed by atoms with E-state index in [4.69, 9.17) is 15.9 Å². The molecule has 2 rings (SSSR count). The third kappa shape index (κ3) is 4.04. The number of hydrogen-bond donors (Lipinski definition) is 2. The van der Waals surface area contributed by atoms with Crippen LogP contribution in [0.5, 0.6) is 0 Å². The highest BCUT2D eigenvalue weighted by molar-refractivity contribution is 5.76. The van der Waals surface area contributed by atoms with Crippen molar-refractivity contribution in [2.24, 2.45) is 5.73 Å². The molecular formula is C14H21N5O. The summed E-state index contributed by atoms with van der Waals surface area (Å²) in [5.74, 6) is 0.211. The van der Waals surface area contributed by atoms with Crippen LogP contribution >= 0.6 is 0 Å². The minimum absolute atomic E-state index is 0.211. The molecule has 0 unspecified atom stereocenters. The highest BCUT2D eigenvalue weighted by Gasteiger charge is 2.09. The summed E-state index contributed by atoms with van der Waals surface area (Å²) in [6.45, 7) is 2.94. The number of methoxy groups -OCH3 is 1. The summed E-state index contributed by atoms with van der Waals surface area (Å²) in [5.41, 5.74) is 7.38. The molecule has 0 saturated heterocycles. The fourth-order valence-electron chi connectivity index (χ4n) is 2.06. The fourth-order valence-corrected chi connectivity index (χ4v) is 2.06. The number of nitrogens with two attached hydrogens (primary N) is 1. The second-order valence-electron chi connectivity index (χ2n) is 4.74. The van der Waals surface area contributed by atoms with Crippen LogP contribution < -0.4 is 5.73 Å². The number of rotatable bonds is 8. The van der Waals surface area contributed by atoms with Crippen LogP contribution in [0.1, 0.15) is 12.1 Å². The largest absolute Gasteiger partial charge is 0.388 e. The zero-order valence-corrected chi connectivity index (χ0v) is 11.7. The molecule has 0 aliphatic carbocycles. The van der Waals surface area contributed by atoms with Gasteiger partial charge in [0.25, 0.3) is 0 Å². The topological polar surface area (TPSA) is 79.6 Å². The predicted molar refractivity (Wildman–Crippen MR) is 78.9 cm³/mol. The molecule has 2 aromatic rings. The van der Waals surface area contributed by atoms with E-state index in [1.54, 1.807) is 7.11 Å². The average Bonchev–Trinajstić information content (AvgIpc) is 2.83. The van der Waals surface area contributed by atoms with Crippen molar-refractivity contribution in [3.8, 4) is 0 Å². The number of amidine groups is 1. The third-order valence-corrected chi connectivity index (χ3v) is 3.11. The summed E-state index contributed by atoms with van der Waals surface area (Å²) in [6, 6.07) is 5.94. The monoisotopic (exact) mass is 275 g/mol. The van der Waals surface area contributed by atoms with Crippen molar-refractivity contribution in [3.05, 3.63) is 36.3 Å². The van der Waals surface area contributed by atoms with E-state index in [2.05, 4.69) is 9.88 Å². The first kappa shape index (κ1) is 14.5. The van der Waals surface area contributed by atoms with E-state index < -0.39 is 0 Å². The zero-order chi connectivity index (χ0) is 14.4. The smallest absolute Gasteiger partial charge is 0.137 e. The Labute approximate surface area is 118 Å². The summed E-state index contributed by atoms with van der Waals surface area (Å²) in [6.07, 6.45) is 4.58. The molecule has 0 atom stereocenters. The highest BCUT2D eigenvalue weighted by atomic mass is 16.5. The van der Waals surface area contributed by atoms with Crippen molar-refractivity contribution >= 4 is 11.5 Å². The Hall–Kier alpha value is -1.92. The first-order valence-corrected chi connectivity index (χ1v) is 6.66. The van der Waals surface area contributed by atoms with Crippen LogP contribution in [-0.4, -0.2) is 46.9 Å². The van der Waals surface area contributed by atoms with Gasteiger partial charge in [0.2, 0.25) is 0 Å². The lowest BCUT2D eigenvalue weighted by molar-refractivity contribution is 0.145.